The lowest BCUT2D eigenvalue weighted by molar-refractivity contribution is -0.0329. The van der Waals surface area contributed by atoms with E-state index in [4.69, 9.17) is 10.5 Å². The summed E-state index contributed by atoms with van der Waals surface area (Å²) in [6.07, 6.45) is 14.1. The van der Waals surface area contributed by atoms with E-state index in [9.17, 15) is 0 Å². The average molecular weight is 280 g/mol. The third-order valence-electron chi connectivity index (χ3n) is 6.74. The van der Waals surface area contributed by atoms with Crippen molar-refractivity contribution in [3.63, 3.8) is 0 Å². The predicted molar refractivity (Wildman–Crippen MR) is 82.8 cm³/mol. The van der Waals surface area contributed by atoms with Crippen molar-refractivity contribution < 1.29 is 4.74 Å². The topological polar surface area (TPSA) is 38.5 Å². The molecule has 2 N–H and O–H groups in total. The fraction of sp³-hybridized carbons (Fsp3) is 1.00. The molecular weight excluding hydrogens is 248 g/mol. The molecule has 0 atom stereocenters. The molecule has 1 spiro atoms. The minimum atomic E-state index is 0.287. The summed E-state index contributed by atoms with van der Waals surface area (Å²) in [6.45, 7) is 3.40. The Morgan fingerprint density at radius 1 is 1.00 bits per heavy atom. The molecule has 116 valence electrons. The minimum absolute atomic E-state index is 0.287. The van der Waals surface area contributed by atoms with Gasteiger partial charge in [-0.3, -0.25) is 4.90 Å². The third-order valence-corrected chi connectivity index (χ3v) is 6.74. The van der Waals surface area contributed by atoms with Crippen LogP contribution < -0.4 is 5.73 Å². The first-order valence-corrected chi connectivity index (χ1v) is 8.70. The molecule has 0 unspecified atom stereocenters. The minimum Gasteiger partial charge on any atom is -0.381 e. The third kappa shape index (κ3) is 2.65. The van der Waals surface area contributed by atoms with E-state index >= 15 is 0 Å². The first kappa shape index (κ1) is 14.8. The van der Waals surface area contributed by atoms with Crippen LogP contribution in [-0.2, 0) is 4.74 Å². The van der Waals surface area contributed by atoms with Gasteiger partial charge in [-0.05, 0) is 69.9 Å². The molecule has 0 aromatic rings. The summed E-state index contributed by atoms with van der Waals surface area (Å²) < 4.78 is 5.53. The Balaban J connectivity index is 1.60. The summed E-state index contributed by atoms with van der Waals surface area (Å²) in [5.41, 5.74) is 7.22. The van der Waals surface area contributed by atoms with E-state index in [2.05, 4.69) is 4.90 Å². The van der Waals surface area contributed by atoms with Crippen LogP contribution in [0.15, 0.2) is 0 Å². The van der Waals surface area contributed by atoms with Gasteiger partial charge in [0.1, 0.15) is 0 Å². The van der Waals surface area contributed by atoms with Gasteiger partial charge in [0.15, 0.2) is 0 Å². The normalized spacial score (nSPS) is 38.4. The summed E-state index contributed by atoms with van der Waals surface area (Å²) in [5, 5.41) is 0. The zero-order valence-corrected chi connectivity index (χ0v) is 13.2. The number of likely N-dealkylation sites (tertiary alicyclic amines) is 1. The van der Waals surface area contributed by atoms with Crippen LogP contribution in [0.1, 0.15) is 64.2 Å². The molecule has 1 aliphatic heterocycles. The van der Waals surface area contributed by atoms with Gasteiger partial charge in [0.05, 0.1) is 6.10 Å². The standard InChI is InChI=1S/C17H32N2O/c1-20-15-4-8-17(14-18,9-5-15)19-12-10-16(11-13-19)6-2-3-7-16/h15H,2-14,18H2,1H3. The molecule has 0 amide bonds. The molecule has 3 aliphatic rings. The van der Waals surface area contributed by atoms with Crippen molar-refractivity contribution >= 4 is 0 Å². The van der Waals surface area contributed by atoms with Gasteiger partial charge in [-0.25, -0.2) is 0 Å². The second kappa shape index (κ2) is 5.94. The number of nitrogens with zero attached hydrogens (tertiary/aromatic N) is 1. The van der Waals surface area contributed by atoms with E-state index in [0.717, 1.165) is 12.0 Å². The van der Waals surface area contributed by atoms with E-state index in [0.29, 0.717) is 6.10 Å². The molecular formula is C17H32N2O. The molecule has 0 aromatic heterocycles. The van der Waals surface area contributed by atoms with E-state index < -0.39 is 0 Å². The highest BCUT2D eigenvalue weighted by Gasteiger charge is 2.44. The molecule has 0 radical (unpaired) electrons. The Kier molecular flexibility index (Phi) is 4.40. The van der Waals surface area contributed by atoms with E-state index in [-0.39, 0.29) is 5.54 Å². The first-order chi connectivity index (χ1) is 9.72. The molecule has 2 aliphatic carbocycles. The van der Waals surface area contributed by atoms with Crippen molar-refractivity contribution in [3.8, 4) is 0 Å². The van der Waals surface area contributed by atoms with Gasteiger partial charge in [0.2, 0.25) is 0 Å². The Bertz CT molecular complexity index is 307. The van der Waals surface area contributed by atoms with Crippen LogP contribution in [0.3, 0.4) is 0 Å². The van der Waals surface area contributed by atoms with Crippen LogP contribution in [0.2, 0.25) is 0 Å². The number of methoxy groups -OCH3 is 1. The highest BCUT2D eigenvalue weighted by atomic mass is 16.5. The Morgan fingerprint density at radius 2 is 1.60 bits per heavy atom. The van der Waals surface area contributed by atoms with Gasteiger partial charge < -0.3 is 10.5 Å². The van der Waals surface area contributed by atoms with Gasteiger partial charge in [-0.1, -0.05) is 12.8 Å². The van der Waals surface area contributed by atoms with Gasteiger partial charge in [0.25, 0.3) is 0 Å². The molecule has 3 fully saturated rings. The fourth-order valence-electron chi connectivity index (χ4n) is 5.09. The van der Waals surface area contributed by atoms with Crippen molar-refractivity contribution in [2.24, 2.45) is 11.1 Å². The fourth-order valence-corrected chi connectivity index (χ4v) is 5.09. The highest BCUT2D eigenvalue weighted by Crippen LogP contribution is 2.48. The number of rotatable bonds is 3. The van der Waals surface area contributed by atoms with Crippen molar-refractivity contribution in [2.45, 2.75) is 75.9 Å². The molecule has 0 aromatic carbocycles. The second-order valence-electron chi connectivity index (χ2n) is 7.56. The summed E-state index contributed by atoms with van der Waals surface area (Å²) in [5.74, 6) is 0. The molecule has 0 bridgehead atoms. The summed E-state index contributed by atoms with van der Waals surface area (Å²) in [4.78, 5) is 2.75. The largest absolute Gasteiger partial charge is 0.381 e. The van der Waals surface area contributed by atoms with Gasteiger partial charge >= 0.3 is 0 Å². The van der Waals surface area contributed by atoms with Crippen LogP contribution in [-0.4, -0.2) is 43.3 Å². The summed E-state index contributed by atoms with van der Waals surface area (Å²) in [7, 11) is 1.85. The average Bonchev–Trinajstić information content (AvgIpc) is 2.96. The lowest BCUT2D eigenvalue weighted by Gasteiger charge is -2.52. The zero-order chi connectivity index (χ0) is 14.1. The maximum atomic E-state index is 6.22. The number of hydrogen-bond acceptors (Lipinski definition) is 3. The quantitative estimate of drug-likeness (QED) is 0.864. The zero-order valence-electron chi connectivity index (χ0n) is 13.2. The molecule has 3 rings (SSSR count). The van der Waals surface area contributed by atoms with Crippen molar-refractivity contribution in [1.29, 1.82) is 0 Å². The second-order valence-corrected chi connectivity index (χ2v) is 7.56. The number of hydrogen-bond donors (Lipinski definition) is 1. The van der Waals surface area contributed by atoms with Crippen LogP contribution in [0.4, 0.5) is 0 Å². The van der Waals surface area contributed by atoms with Crippen molar-refractivity contribution in [3.05, 3.63) is 0 Å². The lowest BCUT2D eigenvalue weighted by atomic mass is 9.73. The molecule has 2 saturated carbocycles. The van der Waals surface area contributed by atoms with Crippen molar-refractivity contribution in [2.75, 3.05) is 26.7 Å². The van der Waals surface area contributed by atoms with Crippen LogP contribution >= 0.6 is 0 Å². The number of nitrogens with two attached hydrogens (primary N) is 1. The lowest BCUT2D eigenvalue weighted by Crippen LogP contribution is -2.59. The van der Waals surface area contributed by atoms with Gasteiger partial charge in [0, 0.05) is 19.2 Å². The summed E-state index contributed by atoms with van der Waals surface area (Å²) in [6, 6.07) is 0. The van der Waals surface area contributed by atoms with Crippen LogP contribution in [0.25, 0.3) is 0 Å². The Morgan fingerprint density at radius 3 is 2.10 bits per heavy atom. The van der Waals surface area contributed by atoms with E-state index in [1.807, 2.05) is 7.11 Å². The number of ether oxygens (including phenoxy) is 1. The SMILES string of the molecule is COC1CCC(CN)(N2CCC3(CCCC3)CC2)CC1. The monoisotopic (exact) mass is 280 g/mol. The van der Waals surface area contributed by atoms with Crippen LogP contribution in [0.5, 0.6) is 0 Å². The van der Waals surface area contributed by atoms with Gasteiger partial charge in [-0.15, -0.1) is 0 Å². The maximum absolute atomic E-state index is 6.22. The smallest absolute Gasteiger partial charge is 0.0572 e. The van der Waals surface area contributed by atoms with E-state index in [1.165, 1.54) is 77.3 Å². The molecule has 1 heterocycles. The predicted octanol–water partition coefficient (Wildman–Crippen LogP) is 2.93. The molecule has 3 nitrogen and oxygen atoms in total. The van der Waals surface area contributed by atoms with Crippen molar-refractivity contribution in [1.82, 2.24) is 4.90 Å². The molecule has 1 saturated heterocycles. The molecule has 20 heavy (non-hydrogen) atoms. The first-order valence-electron chi connectivity index (χ1n) is 8.70. The summed E-state index contributed by atoms with van der Waals surface area (Å²) >= 11 is 0. The number of piperidine rings is 1. The highest BCUT2D eigenvalue weighted by molar-refractivity contribution is 5.00. The van der Waals surface area contributed by atoms with Gasteiger partial charge in [-0.2, -0.15) is 0 Å². The Labute approximate surface area is 124 Å². The Hall–Kier alpha value is -0.120. The van der Waals surface area contributed by atoms with Crippen LogP contribution in [0, 0.1) is 5.41 Å². The van der Waals surface area contributed by atoms with E-state index in [1.54, 1.807) is 0 Å². The molecule has 3 heteroatoms. The maximum Gasteiger partial charge on any atom is 0.0572 e.